The Bertz CT molecular complexity index is 372. The summed E-state index contributed by atoms with van der Waals surface area (Å²) in [5.41, 5.74) is 3.13. The smallest absolute Gasteiger partial charge is 0.0104 e. The van der Waals surface area contributed by atoms with Gasteiger partial charge in [-0.3, -0.25) is 0 Å². The average molecular weight is 290 g/mol. The lowest BCUT2D eigenvalue weighted by Crippen LogP contribution is -2.27. The molecule has 0 amide bonds. The standard InChI is InChI=1S/C20H35N/c1-6-7-8-9-10-11-19(21-5)16-17-12-14-18(15-13-17)20(2,3)4/h12-15,19,21H,6-11,16H2,1-5H3. The van der Waals surface area contributed by atoms with Crippen molar-refractivity contribution >= 4 is 0 Å². The van der Waals surface area contributed by atoms with Gasteiger partial charge in [0.05, 0.1) is 0 Å². The van der Waals surface area contributed by atoms with E-state index in [-0.39, 0.29) is 5.41 Å². The summed E-state index contributed by atoms with van der Waals surface area (Å²) in [7, 11) is 2.10. The van der Waals surface area contributed by atoms with Crippen LogP contribution in [0.15, 0.2) is 24.3 Å². The summed E-state index contributed by atoms with van der Waals surface area (Å²) in [5.74, 6) is 0. The molecule has 0 heterocycles. The molecule has 0 spiro atoms. The van der Waals surface area contributed by atoms with E-state index >= 15 is 0 Å². The molecule has 1 rings (SSSR count). The second kappa shape index (κ2) is 9.25. The average Bonchev–Trinajstić information content (AvgIpc) is 2.45. The molecule has 0 saturated carbocycles. The van der Waals surface area contributed by atoms with Crippen LogP contribution in [0.2, 0.25) is 0 Å². The van der Waals surface area contributed by atoms with E-state index in [1.807, 2.05) is 0 Å². The maximum Gasteiger partial charge on any atom is 0.0104 e. The van der Waals surface area contributed by atoms with Crippen LogP contribution in [0.5, 0.6) is 0 Å². The summed E-state index contributed by atoms with van der Waals surface area (Å²) in [6, 6.07) is 9.82. The van der Waals surface area contributed by atoms with Gasteiger partial charge in [-0.1, -0.05) is 84.1 Å². The molecule has 1 nitrogen and oxygen atoms in total. The van der Waals surface area contributed by atoms with Crippen LogP contribution in [0, 0.1) is 0 Å². The molecule has 0 aromatic heterocycles. The Morgan fingerprint density at radius 2 is 1.57 bits per heavy atom. The molecule has 1 heteroatoms. The lowest BCUT2D eigenvalue weighted by molar-refractivity contribution is 0.481. The first-order valence-corrected chi connectivity index (χ1v) is 8.74. The number of hydrogen-bond donors (Lipinski definition) is 1. The Morgan fingerprint density at radius 3 is 2.10 bits per heavy atom. The van der Waals surface area contributed by atoms with Crippen molar-refractivity contribution < 1.29 is 0 Å². The summed E-state index contributed by atoms with van der Waals surface area (Å²) in [6.07, 6.45) is 9.29. The van der Waals surface area contributed by atoms with Crippen LogP contribution in [0.3, 0.4) is 0 Å². The molecule has 1 aromatic carbocycles. The summed E-state index contributed by atoms with van der Waals surface area (Å²) in [4.78, 5) is 0. The maximum absolute atomic E-state index is 3.49. The molecule has 1 atom stereocenters. The molecular formula is C20H35N. The largest absolute Gasteiger partial charge is 0.317 e. The van der Waals surface area contributed by atoms with E-state index < -0.39 is 0 Å². The van der Waals surface area contributed by atoms with Crippen molar-refractivity contribution in [2.24, 2.45) is 0 Å². The van der Waals surface area contributed by atoms with Crippen LogP contribution >= 0.6 is 0 Å². The highest BCUT2D eigenvalue weighted by atomic mass is 14.9. The Labute approximate surface area is 132 Å². The molecule has 1 unspecified atom stereocenters. The topological polar surface area (TPSA) is 12.0 Å². The second-order valence-electron chi connectivity index (χ2n) is 7.34. The van der Waals surface area contributed by atoms with E-state index in [9.17, 15) is 0 Å². The summed E-state index contributed by atoms with van der Waals surface area (Å²) in [5, 5.41) is 3.49. The number of rotatable bonds is 9. The van der Waals surface area contributed by atoms with Crippen LogP contribution < -0.4 is 5.32 Å². The van der Waals surface area contributed by atoms with Crippen LogP contribution in [-0.2, 0) is 11.8 Å². The van der Waals surface area contributed by atoms with Crippen LogP contribution in [0.1, 0.15) is 77.3 Å². The van der Waals surface area contributed by atoms with Crippen molar-refractivity contribution in [3.8, 4) is 0 Å². The first-order chi connectivity index (χ1) is 9.97. The van der Waals surface area contributed by atoms with Crippen molar-refractivity contribution in [2.45, 2.75) is 84.1 Å². The molecule has 1 aromatic rings. The summed E-state index contributed by atoms with van der Waals surface area (Å²) >= 11 is 0. The molecule has 0 aliphatic heterocycles. The van der Waals surface area contributed by atoms with E-state index in [4.69, 9.17) is 0 Å². The zero-order chi connectivity index (χ0) is 15.7. The zero-order valence-corrected chi connectivity index (χ0v) is 14.8. The van der Waals surface area contributed by atoms with Gasteiger partial charge in [-0.05, 0) is 36.4 Å². The highest BCUT2D eigenvalue weighted by Crippen LogP contribution is 2.22. The van der Waals surface area contributed by atoms with Gasteiger partial charge in [0.25, 0.3) is 0 Å². The Morgan fingerprint density at radius 1 is 0.952 bits per heavy atom. The Hall–Kier alpha value is -0.820. The molecule has 21 heavy (non-hydrogen) atoms. The van der Waals surface area contributed by atoms with E-state index in [1.165, 1.54) is 49.7 Å². The molecule has 0 radical (unpaired) electrons. The monoisotopic (exact) mass is 289 g/mol. The normalized spacial score (nSPS) is 13.4. The van der Waals surface area contributed by atoms with Gasteiger partial charge in [0.1, 0.15) is 0 Å². The van der Waals surface area contributed by atoms with Crippen molar-refractivity contribution in [3.63, 3.8) is 0 Å². The van der Waals surface area contributed by atoms with Crippen LogP contribution in [0.25, 0.3) is 0 Å². The van der Waals surface area contributed by atoms with E-state index in [1.54, 1.807) is 0 Å². The van der Waals surface area contributed by atoms with E-state index in [0.29, 0.717) is 6.04 Å². The highest BCUT2D eigenvalue weighted by Gasteiger charge is 2.13. The van der Waals surface area contributed by atoms with E-state index in [2.05, 4.69) is 64.3 Å². The molecule has 120 valence electrons. The third-order valence-electron chi connectivity index (χ3n) is 4.37. The second-order valence-corrected chi connectivity index (χ2v) is 7.34. The van der Waals surface area contributed by atoms with Gasteiger partial charge in [-0.2, -0.15) is 0 Å². The lowest BCUT2D eigenvalue weighted by atomic mass is 9.86. The lowest BCUT2D eigenvalue weighted by Gasteiger charge is -2.20. The quantitative estimate of drug-likeness (QED) is 0.594. The number of hydrogen-bond acceptors (Lipinski definition) is 1. The number of benzene rings is 1. The molecule has 0 saturated heterocycles. The SMILES string of the molecule is CCCCCCCC(Cc1ccc(C(C)(C)C)cc1)NC. The molecule has 0 bridgehead atoms. The predicted molar refractivity (Wildman–Crippen MR) is 95.1 cm³/mol. The third kappa shape index (κ3) is 7.13. The molecular weight excluding hydrogens is 254 g/mol. The van der Waals surface area contributed by atoms with Crippen molar-refractivity contribution in [1.29, 1.82) is 0 Å². The molecule has 0 fully saturated rings. The van der Waals surface area contributed by atoms with Crippen LogP contribution in [0.4, 0.5) is 0 Å². The van der Waals surface area contributed by atoms with Gasteiger partial charge in [0.15, 0.2) is 0 Å². The maximum atomic E-state index is 3.49. The fourth-order valence-corrected chi connectivity index (χ4v) is 2.77. The molecule has 0 aliphatic rings. The van der Waals surface area contributed by atoms with Crippen LogP contribution in [-0.4, -0.2) is 13.1 Å². The first-order valence-electron chi connectivity index (χ1n) is 8.74. The van der Waals surface area contributed by atoms with Crippen molar-refractivity contribution in [1.82, 2.24) is 5.32 Å². The van der Waals surface area contributed by atoms with Gasteiger partial charge in [-0.15, -0.1) is 0 Å². The first kappa shape index (κ1) is 18.2. The highest BCUT2D eigenvalue weighted by molar-refractivity contribution is 5.27. The predicted octanol–water partition coefficient (Wildman–Crippen LogP) is 5.48. The van der Waals surface area contributed by atoms with Gasteiger partial charge in [0.2, 0.25) is 0 Å². The van der Waals surface area contributed by atoms with Crippen molar-refractivity contribution in [2.75, 3.05) is 7.05 Å². The minimum absolute atomic E-state index is 0.250. The van der Waals surface area contributed by atoms with Gasteiger partial charge < -0.3 is 5.32 Å². The Balaban J connectivity index is 2.42. The van der Waals surface area contributed by atoms with Gasteiger partial charge in [-0.25, -0.2) is 0 Å². The van der Waals surface area contributed by atoms with Gasteiger partial charge >= 0.3 is 0 Å². The van der Waals surface area contributed by atoms with E-state index in [0.717, 1.165) is 6.42 Å². The molecule has 0 aliphatic carbocycles. The van der Waals surface area contributed by atoms with Crippen molar-refractivity contribution in [3.05, 3.63) is 35.4 Å². The fraction of sp³-hybridized carbons (Fsp3) is 0.700. The van der Waals surface area contributed by atoms with Gasteiger partial charge in [0, 0.05) is 6.04 Å². The summed E-state index contributed by atoms with van der Waals surface area (Å²) in [6.45, 7) is 9.09. The fourth-order valence-electron chi connectivity index (χ4n) is 2.77. The number of nitrogens with one attached hydrogen (secondary N) is 1. The molecule has 1 N–H and O–H groups in total. The number of likely N-dealkylation sites (N-methyl/N-ethyl adjacent to an activating group) is 1. The number of unbranched alkanes of at least 4 members (excludes halogenated alkanes) is 4. The zero-order valence-electron chi connectivity index (χ0n) is 14.8. The minimum atomic E-state index is 0.250. The Kier molecular flexibility index (Phi) is 8.03. The third-order valence-corrected chi connectivity index (χ3v) is 4.37. The minimum Gasteiger partial charge on any atom is -0.317 e. The summed E-state index contributed by atoms with van der Waals surface area (Å²) < 4.78 is 0.